The van der Waals surface area contributed by atoms with Gasteiger partial charge in [0.05, 0.1) is 0 Å². The summed E-state index contributed by atoms with van der Waals surface area (Å²) in [6.07, 6.45) is 11.8. The van der Waals surface area contributed by atoms with Crippen LogP contribution in [0.5, 0.6) is 0 Å². The van der Waals surface area contributed by atoms with Crippen LogP contribution in [0.2, 0.25) is 0 Å². The Balaban J connectivity index is 0.00000132. The normalized spacial score (nSPS) is 52.0. The molecule has 1 saturated heterocycles. The maximum Gasteiger partial charge on any atom is 0.220 e. The molecule has 0 spiro atoms. The minimum atomic E-state index is 0. The van der Waals surface area contributed by atoms with E-state index < -0.39 is 0 Å². The van der Waals surface area contributed by atoms with Gasteiger partial charge in [-0.3, -0.25) is 4.79 Å². The van der Waals surface area contributed by atoms with Gasteiger partial charge in [0.2, 0.25) is 5.91 Å². The van der Waals surface area contributed by atoms with Crippen molar-refractivity contribution in [1.82, 2.24) is 5.32 Å². The molecule has 4 aliphatic rings. The van der Waals surface area contributed by atoms with Gasteiger partial charge in [0.1, 0.15) is 0 Å². The summed E-state index contributed by atoms with van der Waals surface area (Å²) < 4.78 is 0. The van der Waals surface area contributed by atoms with E-state index in [0.29, 0.717) is 22.8 Å². The van der Waals surface area contributed by atoms with Crippen LogP contribution in [-0.4, -0.2) is 11.9 Å². The molecule has 21 heavy (non-hydrogen) atoms. The number of piperidine rings is 1. The smallest absolute Gasteiger partial charge is 0.220 e. The summed E-state index contributed by atoms with van der Waals surface area (Å²) >= 11 is 0. The maximum atomic E-state index is 11.7. The largest absolute Gasteiger partial charge is 0.353 e. The van der Waals surface area contributed by atoms with E-state index in [4.69, 9.17) is 0 Å². The van der Waals surface area contributed by atoms with Gasteiger partial charge in [-0.05, 0) is 73.5 Å². The van der Waals surface area contributed by atoms with Crippen LogP contribution < -0.4 is 5.32 Å². The Morgan fingerprint density at radius 1 is 1.00 bits per heavy atom. The van der Waals surface area contributed by atoms with Crippen LogP contribution in [0.25, 0.3) is 0 Å². The first-order chi connectivity index (χ1) is 9.53. The predicted octanol–water partition coefficient (Wildman–Crippen LogP) is 4.53. The van der Waals surface area contributed by atoms with E-state index in [2.05, 4.69) is 19.2 Å². The molecule has 6 atom stereocenters. The van der Waals surface area contributed by atoms with E-state index in [-0.39, 0.29) is 7.43 Å². The molecule has 0 aromatic rings. The molecule has 2 nitrogen and oxygen atoms in total. The molecule has 1 unspecified atom stereocenters. The molecule has 3 aliphatic carbocycles. The predicted molar refractivity (Wildman–Crippen MR) is 86.9 cm³/mol. The second-order valence-electron chi connectivity index (χ2n) is 8.67. The second-order valence-corrected chi connectivity index (χ2v) is 8.67. The SMILES string of the molecule is C.C[C@@]12CCC[C@H]1[C@@H]1CCC3NC(=O)CC[C@]3(C)[C@H]1CC2. The van der Waals surface area contributed by atoms with Gasteiger partial charge in [0.25, 0.3) is 0 Å². The first kappa shape index (κ1) is 15.4. The van der Waals surface area contributed by atoms with Crippen LogP contribution >= 0.6 is 0 Å². The highest BCUT2D eigenvalue weighted by molar-refractivity contribution is 5.77. The minimum absolute atomic E-state index is 0. The zero-order valence-electron chi connectivity index (χ0n) is 13.1. The fourth-order valence-electron chi connectivity index (χ4n) is 6.70. The summed E-state index contributed by atoms with van der Waals surface area (Å²) in [6, 6.07) is 0.468. The Morgan fingerprint density at radius 3 is 2.62 bits per heavy atom. The third-order valence-electron chi connectivity index (χ3n) is 7.88. The number of amides is 1. The third-order valence-corrected chi connectivity index (χ3v) is 7.88. The van der Waals surface area contributed by atoms with E-state index in [1.807, 2.05) is 0 Å². The van der Waals surface area contributed by atoms with E-state index in [1.165, 1.54) is 44.9 Å². The van der Waals surface area contributed by atoms with Crippen LogP contribution in [0.3, 0.4) is 0 Å². The zero-order chi connectivity index (χ0) is 14.0. The van der Waals surface area contributed by atoms with Crippen molar-refractivity contribution >= 4 is 5.91 Å². The van der Waals surface area contributed by atoms with Crippen molar-refractivity contribution in [3.63, 3.8) is 0 Å². The summed E-state index contributed by atoms with van der Waals surface area (Å²) in [5, 5.41) is 3.32. The third kappa shape index (κ3) is 2.08. The average Bonchev–Trinajstić information content (AvgIpc) is 2.81. The van der Waals surface area contributed by atoms with Gasteiger partial charge < -0.3 is 5.32 Å². The minimum Gasteiger partial charge on any atom is -0.353 e. The number of carbonyl (C=O) groups is 1. The van der Waals surface area contributed by atoms with Crippen molar-refractivity contribution in [2.45, 2.75) is 85.1 Å². The van der Waals surface area contributed by atoms with Crippen molar-refractivity contribution in [3.05, 3.63) is 0 Å². The lowest BCUT2D eigenvalue weighted by atomic mass is 9.48. The van der Waals surface area contributed by atoms with E-state index in [1.54, 1.807) is 0 Å². The first-order valence-corrected chi connectivity index (χ1v) is 8.82. The Labute approximate surface area is 130 Å². The number of rotatable bonds is 0. The fourth-order valence-corrected chi connectivity index (χ4v) is 6.70. The van der Waals surface area contributed by atoms with Crippen LogP contribution in [0.15, 0.2) is 0 Å². The van der Waals surface area contributed by atoms with E-state index in [0.717, 1.165) is 30.6 Å². The molecule has 0 aromatic heterocycles. The lowest BCUT2D eigenvalue weighted by Gasteiger charge is -2.59. The van der Waals surface area contributed by atoms with Crippen molar-refractivity contribution in [2.75, 3.05) is 0 Å². The molecule has 4 fully saturated rings. The van der Waals surface area contributed by atoms with Crippen molar-refractivity contribution < 1.29 is 4.79 Å². The summed E-state index contributed by atoms with van der Waals surface area (Å²) in [7, 11) is 0. The molecule has 1 heterocycles. The molecule has 120 valence electrons. The quantitative estimate of drug-likeness (QED) is 0.698. The molecule has 0 aromatic carbocycles. The molecule has 1 aliphatic heterocycles. The second kappa shape index (κ2) is 4.99. The summed E-state index contributed by atoms with van der Waals surface area (Å²) in [5.41, 5.74) is 1.04. The zero-order valence-corrected chi connectivity index (χ0v) is 13.1. The van der Waals surface area contributed by atoms with Crippen LogP contribution in [0.1, 0.15) is 79.1 Å². The Kier molecular flexibility index (Phi) is 3.65. The fraction of sp³-hybridized carbons (Fsp3) is 0.947. The van der Waals surface area contributed by atoms with Gasteiger partial charge >= 0.3 is 0 Å². The highest BCUT2D eigenvalue weighted by atomic mass is 16.1. The van der Waals surface area contributed by atoms with Gasteiger partial charge in [-0.2, -0.15) is 0 Å². The molecule has 0 bridgehead atoms. The molecule has 2 heteroatoms. The molecule has 1 amide bonds. The molecular formula is C19H33NO. The highest BCUT2D eigenvalue weighted by Gasteiger charge is 2.57. The Morgan fingerprint density at radius 2 is 1.81 bits per heavy atom. The number of carbonyl (C=O) groups excluding carboxylic acids is 1. The average molecular weight is 291 g/mol. The van der Waals surface area contributed by atoms with Gasteiger partial charge in [0.15, 0.2) is 0 Å². The van der Waals surface area contributed by atoms with Crippen molar-refractivity contribution in [2.24, 2.45) is 28.6 Å². The molecule has 3 saturated carbocycles. The van der Waals surface area contributed by atoms with E-state index in [9.17, 15) is 4.79 Å². The Bertz CT molecular complexity index is 433. The van der Waals surface area contributed by atoms with Crippen molar-refractivity contribution in [3.8, 4) is 0 Å². The van der Waals surface area contributed by atoms with E-state index >= 15 is 0 Å². The summed E-state index contributed by atoms with van der Waals surface area (Å²) in [6.45, 7) is 5.06. The number of fused-ring (bicyclic) bond motifs is 5. The molecular weight excluding hydrogens is 258 g/mol. The molecule has 1 N–H and O–H groups in total. The molecule has 4 rings (SSSR count). The van der Waals surface area contributed by atoms with Crippen LogP contribution in [0.4, 0.5) is 0 Å². The Hall–Kier alpha value is -0.530. The number of hydrogen-bond acceptors (Lipinski definition) is 1. The van der Waals surface area contributed by atoms with Gasteiger partial charge in [-0.15, -0.1) is 0 Å². The lowest BCUT2D eigenvalue weighted by Crippen LogP contribution is -2.60. The van der Waals surface area contributed by atoms with Crippen LogP contribution in [-0.2, 0) is 4.79 Å². The standard InChI is InChI=1S/C18H29NO.CH4/c1-17-9-3-4-13(17)12-5-6-15-18(2,14(12)7-10-17)11-8-16(20)19-15;/h12-15H,3-11H2,1-2H3,(H,19,20);1H4/t12-,13-,14-,15?,17-,18+;/m0./s1. The van der Waals surface area contributed by atoms with Gasteiger partial charge in [0, 0.05) is 12.5 Å². The first-order valence-electron chi connectivity index (χ1n) is 8.82. The highest BCUT2D eigenvalue weighted by Crippen LogP contribution is 2.63. The maximum absolute atomic E-state index is 11.7. The topological polar surface area (TPSA) is 29.1 Å². The van der Waals surface area contributed by atoms with Gasteiger partial charge in [-0.1, -0.05) is 27.7 Å². The summed E-state index contributed by atoms with van der Waals surface area (Å²) in [4.78, 5) is 11.7. The van der Waals surface area contributed by atoms with Crippen LogP contribution in [0, 0.1) is 28.6 Å². The molecule has 0 radical (unpaired) electrons. The van der Waals surface area contributed by atoms with Crippen molar-refractivity contribution in [1.29, 1.82) is 0 Å². The lowest BCUT2D eigenvalue weighted by molar-refractivity contribution is -0.135. The number of hydrogen-bond donors (Lipinski definition) is 1. The summed E-state index contributed by atoms with van der Waals surface area (Å²) in [5.74, 6) is 3.11. The monoisotopic (exact) mass is 291 g/mol. The number of nitrogens with one attached hydrogen (secondary N) is 1. The van der Waals surface area contributed by atoms with Gasteiger partial charge in [-0.25, -0.2) is 0 Å².